The summed E-state index contributed by atoms with van der Waals surface area (Å²) in [6.45, 7) is 1.02. The third-order valence-corrected chi connectivity index (χ3v) is 2.56. The van der Waals surface area contributed by atoms with Gasteiger partial charge in [0.2, 0.25) is 0 Å². The molecule has 3 nitrogen and oxygen atoms in total. The van der Waals surface area contributed by atoms with Crippen LogP contribution in [0.4, 0.5) is 4.39 Å². The third-order valence-electron chi connectivity index (χ3n) is 2.56. The van der Waals surface area contributed by atoms with E-state index in [4.69, 9.17) is 10.4 Å². The lowest BCUT2D eigenvalue weighted by Crippen LogP contribution is -2.51. The fourth-order valence-electron chi connectivity index (χ4n) is 1.71. The zero-order chi connectivity index (χ0) is 10.8. The SMILES string of the molecule is N#C[C@H](c1ccc(F)cc1)N1CC(O)C1. The zero-order valence-electron chi connectivity index (χ0n) is 8.10. The molecule has 0 spiro atoms. The van der Waals surface area contributed by atoms with Crippen LogP contribution in [0.25, 0.3) is 0 Å². The normalized spacial score (nSPS) is 19.3. The molecule has 0 bridgehead atoms. The van der Waals surface area contributed by atoms with Gasteiger partial charge < -0.3 is 5.11 Å². The molecule has 1 N–H and O–H groups in total. The molecule has 0 aliphatic carbocycles. The van der Waals surface area contributed by atoms with Gasteiger partial charge >= 0.3 is 0 Å². The summed E-state index contributed by atoms with van der Waals surface area (Å²) in [5.74, 6) is -0.306. The van der Waals surface area contributed by atoms with E-state index in [1.807, 2.05) is 4.90 Å². The first-order valence-corrected chi connectivity index (χ1v) is 4.78. The lowest BCUT2D eigenvalue weighted by Gasteiger charge is -2.38. The Morgan fingerprint density at radius 3 is 2.47 bits per heavy atom. The van der Waals surface area contributed by atoms with E-state index < -0.39 is 0 Å². The second kappa shape index (κ2) is 3.97. The van der Waals surface area contributed by atoms with E-state index in [1.54, 1.807) is 12.1 Å². The summed E-state index contributed by atoms with van der Waals surface area (Å²) in [7, 11) is 0. The Hall–Kier alpha value is -1.44. The Labute approximate surface area is 87.4 Å². The van der Waals surface area contributed by atoms with Gasteiger partial charge in [0, 0.05) is 13.1 Å². The van der Waals surface area contributed by atoms with Crippen LogP contribution < -0.4 is 0 Å². The molecule has 78 valence electrons. The zero-order valence-corrected chi connectivity index (χ0v) is 8.10. The molecule has 1 aromatic carbocycles. The molecule has 15 heavy (non-hydrogen) atoms. The van der Waals surface area contributed by atoms with Crippen LogP contribution in [0.5, 0.6) is 0 Å². The molecule has 1 atom stereocenters. The van der Waals surface area contributed by atoms with Crippen molar-refractivity contribution in [1.29, 1.82) is 5.26 Å². The van der Waals surface area contributed by atoms with Gasteiger partial charge in [-0.3, -0.25) is 4.90 Å². The molecule has 1 aromatic rings. The van der Waals surface area contributed by atoms with Gasteiger partial charge in [0.05, 0.1) is 12.2 Å². The van der Waals surface area contributed by atoms with Gasteiger partial charge in [0.25, 0.3) is 0 Å². The monoisotopic (exact) mass is 206 g/mol. The average Bonchev–Trinajstić information content (AvgIpc) is 2.19. The molecule has 2 rings (SSSR count). The largest absolute Gasteiger partial charge is 0.390 e. The van der Waals surface area contributed by atoms with E-state index in [1.165, 1.54) is 12.1 Å². The maximum absolute atomic E-state index is 12.7. The molecule has 1 aliphatic heterocycles. The number of benzene rings is 1. The van der Waals surface area contributed by atoms with Crippen molar-refractivity contribution in [3.8, 4) is 6.07 Å². The van der Waals surface area contributed by atoms with Gasteiger partial charge in [-0.25, -0.2) is 4.39 Å². The Balaban J connectivity index is 2.14. The van der Waals surface area contributed by atoms with Crippen molar-refractivity contribution in [3.63, 3.8) is 0 Å². The van der Waals surface area contributed by atoms with Crippen LogP contribution in [0.3, 0.4) is 0 Å². The number of nitriles is 1. The average molecular weight is 206 g/mol. The van der Waals surface area contributed by atoms with E-state index in [2.05, 4.69) is 6.07 Å². The van der Waals surface area contributed by atoms with E-state index in [0.29, 0.717) is 13.1 Å². The molecule has 1 fully saturated rings. The maximum Gasteiger partial charge on any atom is 0.124 e. The molecular formula is C11H11FN2O. The molecule has 1 aliphatic rings. The first-order valence-electron chi connectivity index (χ1n) is 4.78. The number of aliphatic hydroxyl groups is 1. The van der Waals surface area contributed by atoms with Gasteiger partial charge in [-0.05, 0) is 17.7 Å². The highest BCUT2D eigenvalue weighted by Crippen LogP contribution is 2.25. The molecule has 4 heteroatoms. The molecule has 0 saturated carbocycles. The second-order valence-electron chi connectivity index (χ2n) is 3.69. The number of hydrogen-bond donors (Lipinski definition) is 1. The number of hydrogen-bond acceptors (Lipinski definition) is 3. The molecule has 1 saturated heterocycles. The summed E-state index contributed by atoms with van der Waals surface area (Å²) in [6, 6.07) is 7.67. The standard InChI is InChI=1S/C11H11FN2O/c12-9-3-1-8(2-4-9)11(5-13)14-6-10(15)7-14/h1-4,10-11,15H,6-7H2/t11-/m1/s1. The van der Waals surface area contributed by atoms with Crippen LogP contribution in [-0.4, -0.2) is 29.2 Å². The molecule has 0 radical (unpaired) electrons. The summed E-state index contributed by atoms with van der Waals surface area (Å²) < 4.78 is 12.7. The van der Waals surface area contributed by atoms with Crippen LogP contribution in [0.2, 0.25) is 0 Å². The molecular weight excluding hydrogens is 195 g/mol. The van der Waals surface area contributed by atoms with Crippen molar-refractivity contribution < 1.29 is 9.50 Å². The molecule has 0 unspecified atom stereocenters. The van der Waals surface area contributed by atoms with Gasteiger partial charge in [-0.1, -0.05) is 12.1 Å². The molecule has 0 amide bonds. The minimum Gasteiger partial charge on any atom is -0.390 e. The predicted molar refractivity (Wildman–Crippen MR) is 52.3 cm³/mol. The van der Waals surface area contributed by atoms with Gasteiger partial charge in [-0.2, -0.15) is 5.26 Å². The minimum atomic E-state index is -0.381. The highest BCUT2D eigenvalue weighted by atomic mass is 19.1. The quantitative estimate of drug-likeness (QED) is 0.787. The van der Waals surface area contributed by atoms with Crippen molar-refractivity contribution in [3.05, 3.63) is 35.6 Å². The van der Waals surface area contributed by atoms with Crippen LogP contribution in [0, 0.1) is 17.1 Å². The van der Waals surface area contributed by atoms with Crippen molar-refractivity contribution in [1.82, 2.24) is 4.90 Å². The van der Waals surface area contributed by atoms with E-state index >= 15 is 0 Å². The first kappa shape index (κ1) is 10.1. The van der Waals surface area contributed by atoms with Crippen molar-refractivity contribution in [2.75, 3.05) is 13.1 Å². The molecule has 0 aromatic heterocycles. The minimum absolute atomic E-state index is 0.306. The Kier molecular flexibility index (Phi) is 2.67. The van der Waals surface area contributed by atoms with Crippen molar-refractivity contribution in [2.45, 2.75) is 12.1 Å². The number of rotatable bonds is 2. The van der Waals surface area contributed by atoms with Crippen molar-refractivity contribution in [2.24, 2.45) is 0 Å². The fourth-order valence-corrected chi connectivity index (χ4v) is 1.71. The lowest BCUT2D eigenvalue weighted by molar-refractivity contribution is -0.0127. The van der Waals surface area contributed by atoms with E-state index in [-0.39, 0.29) is 18.0 Å². The van der Waals surface area contributed by atoms with E-state index in [0.717, 1.165) is 5.56 Å². The van der Waals surface area contributed by atoms with Crippen LogP contribution >= 0.6 is 0 Å². The summed E-state index contributed by atoms with van der Waals surface area (Å²) in [4.78, 5) is 1.86. The number of β-amino-alcohol motifs (C(OH)–C–C–N with tert-alkyl or cyclic N) is 1. The Morgan fingerprint density at radius 1 is 1.40 bits per heavy atom. The summed E-state index contributed by atoms with van der Waals surface area (Å²) in [5, 5.41) is 18.1. The maximum atomic E-state index is 12.7. The molecule has 1 heterocycles. The first-order chi connectivity index (χ1) is 7.20. The fraction of sp³-hybridized carbons (Fsp3) is 0.364. The van der Waals surface area contributed by atoms with Crippen LogP contribution in [0.15, 0.2) is 24.3 Å². The number of halogens is 1. The summed E-state index contributed by atoms with van der Waals surface area (Å²) in [5.41, 5.74) is 0.769. The second-order valence-corrected chi connectivity index (χ2v) is 3.69. The van der Waals surface area contributed by atoms with Crippen LogP contribution in [0.1, 0.15) is 11.6 Å². The topological polar surface area (TPSA) is 47.3 Å². The third kappa shape index (κ3) is 1.99. The van der Waals surface area contributed by atoms with Crippen molar-refractivity contribution >= 4 is 0 Å². The highest BCUT2D eigenvalue weighted by Gasteiger charge is 2.31. The number of nitrogens with zero attached hydrogens (tertiary/aromatic N) is 2. The van der Waals surface area contributed by atoms with Crippen LogP contribution in [-0.2, 0) is 0 Å². The summed E-state index contributed by atoms with van der Waals surface area (Å²) in [6.07, 6.45) is -0.332. The predicted octanol–water partition coefficient (Wildman–Crippen LogP) is 1.07. The Bertz CT molecular complexity index is 379. The Morgan fingerprint density at radius 2 is 2.00 bits per heavy atom. The number of aliphatic hydroxyl groups excluding tert-OH is 1. The van der Waals surface area contributed by atoms with Gasteiger partial charge in [-0.15, -0.1) is 0 Å². The highest BCUT2D eigenvalue weighted by molar-refractivity contribution is 5.25. The van der Waals surface area contributed by atoms with Gasteiger partial charge in [0.15, 0.2) is 0 Å². The van der Waals surface area contributed by atoms with E-state index in [9.17, 15) is 4.39 Å². The smallest absolute Gasteiger partial charge is 0.124 e. The van der Waals surface area contributed by atoms with Gasteiger partial charge in [0.1, 0.15) is 11.9 Å². The lowest BCUT2D eigenvalue weighted by atomic mass is 10.0. The summed E-state index contributed by atoms with van der Waals surface area (Å²) >= 11 is 0. The number of likely N-dealkylation sites (tertiary alicyclic amines) is 1.